The SMILES string of the molecule is CCN1C(=O)N(c2c(F)c(O)cc(O)c2F)Cc2cnc3[nH]c(C4(CN5CCOCC5)CCCCCCCCCCCCCC(C)(O)CC4)cc3c21. The van der Waals surface area contributed by atoms with Crippen LogP contribution in [0, 0.1) is 11.6 Å². The van der Waals surface area contributed by atoms with Crippen LogP contribution in [0.4, 0.5) is 25.0 Å². The van der Waals surface area contributed by atoms with Crippen molar-refractivity contribution in [2.45, 2.75) is 128 Å². The molecule has 1 saturated heterocycles. The van der Waals surface area contributed by atoms with Gasteiger partial charge in [0.2, 0.25) is 0 Å². The molecule has 1 aliphatic carbocycles. The van der Waals surface area contributed by atoms with Gasteiger partial charge in [-0.05, 0) is 45.6 Å². The third kappa shape index (κ3) is 8.34. The topological polar surface area (TPSA) is 125 Å². The van der Waals surface area contributed by atoms with Crippen molar-refractivity contribution in [2.24, 2.45) is 0 Å². The third-order valence-electron chi connectivity index (χ3n) is 11.7. The number of aromatic amines is 1. The highest BCUT2D eigenvalue weighted by molar-refractivity contribution is 6.11. The van der Waals surface area contributed by atoms with Crippen LogP contribution in [-0.4, -0.2) is 81.2 Å². The van der Waals surface area contributed by atoms with Crippen LogP contribution >= 0.6 is 0 Å². The highest BCUT2D eigenvalue weighted by Gasteiger charge is 2.41. The van der Waals surface area contributed by atoms with E-state index in [9.17, 15) is 20.1 Å². The van der Waals surface area contributed by atoms with Crippen LogP contribution in [0.2, 0.25) is 0 Å². The number of hydrogen-bond acceptors (Lipinski definition) is 7. The second-order valence-corrected chi connectivity index (χ2v) is 15.6. The van der Waals surface area contributed by atoms with Gasteiger partial charge < -0.3 is 25.0 Å². The number of pyridine rings is 1. The number of aromatic nitrogens is 2. The number of ether oxygens (including phenoxy) is 1. The van der Waals surface area contributed by atoms with Crippen LogP contribution in [0.5, 0.6) is 11.5 Å². The highest BCUT2D eigenvalue weighted by Crippen LogP contribution is 2.45. The normalized spacial score (nSPS) is 25.3. The van der Waals surface area contributed by atoms with Gasteiger partial charge in [0.25, 0.3) is 0 Å². The van der Waals surface area contributed by atoms with Gasteiger partial charge in [-0.1, -0.05) is 70.6 Å². The van der Waals surface area contributed by atoms with Crippen LogP contribution in [0.3, 0.4) is 0 Å². The molecule has 52 heavy (non-hydrogen) atoms. The van der Waals surface area contributed by atoms with E-state index in [1.807, 2.05) is 6.92 Å². The minimum absolute atomic E-state index is 0.202. The summed E-state index contributed by atoms with van der Waals surface area (Å²) in [5.41, 5.74) is 0.907. The van der Waals surface area contributed by atoms with Gasteiger partial charge in [-0.3, -0.25) is 14.7 Å². The zero-order valence-electron chi connectivity index (χ0n) is 31.0. The number of benzene rings is 1. The number of nitrogens with zero attached hydrogens (tertiary/aromatic N) is 4. The molecule has 1 saturated carbocycles. The van der Waals surface area contributed by atoms with Crippen molar-refractivity contribution in [3.8, 4) is 11.5 Å². The molecule has 2 aromatic heterocycles. The van der Waals surface area contributed by atoms with Crippen molar-refractivity contribution in [1.82, 2.24) is 14.9 Å². The van der Waals surface area contributed by atoms with E-state index in [0.717, 1.165) is 80.6 Å². The molecule has 3 aliphatic rings. The summed E-state index contributed by atoms with van der Waals surface area (Å²) < 4.78 is 36.0. The molecule has 2 unspecified atom stereocenters. The summed E-state index contributed by atoms with van der Waals surface area (Å²) in [6.45, 7) is 7.60. The van der Waals surface area contributed by atoms with E-state index in [0.29, 0.717) is 42.6 Å². The fourth-order valence-electron chi connectivity index (χ4n) is 8.62. The lowest BCUT2D eigenvalue weighted by Gasteiger charge is -2.41. The number of morpholine rings is 1. The van der Waals surface area contributed by atoms with Crippen molar-refractivity contribution in [1.29, 1.82) is 0 Å². The van der Waals surface area contributed by atoms with Crippen molar-refractivity contribution >= 4 is 28.4 Å². The van der Waals surface area contributed by atoms with E-state index in [1.54, 1.807) is 13.1 Å². The van der Waals surface area contributed by atoms with E-state index in [2.05, 4.69) is 16.0 Å². The average Bonchev–Trinajstić information content (AvgIpc) is 3.57. The smallest absolute Gasteiger partial charge is 0.329 e. The zero-order valence-corrected chi connectivity index (χ0v) is 31.0. The number of rotatable bonds is 5. The predicted octanol–water partition coefficient (Wildman–Crippen LogP) is 8.40. The number of halogens is 2. The van der Waals surface area contributed by atoms with Gasteiger partial charge in [-0.15, -0.1) is 0 Å². The van der Waals surface area contributed by atoms with E-state index in [4.69, 9.17) is 9.72 Å². The first-order valence-corrected chi connectivity index (χ1v) is 19.6. The van der Waals surface area contributed by atoms with Gasteiger partial charge in [0.15, 0.2) is 23.1 Å². The van der Waals surface area contributed by atoms with Crippen molar-refractivity contribution in [2.75, 3.05) is 49.2 Å². The monoisotopic (exact) mass is 725 g/mol. The van der Waals surface area contributed by atoms with E-state index in [-0.39, 0.29) is 18.5 Å². The number of phenols is 2. The molecule has 0 radical (unpaired) electrons. The van der Waals surface area contributed by atoms with Gasteiger partial charge in [0.1, 0.15) is 11.3 Å². The van der Waals surface area contributed by atoms with Gasteiger partial charge >= 0.3 is 6.03 Å². The molecule has 1 aromatic carbocycles. The molecule has 4 N–H and O–H groups in total. The fraction of sp³-hybridized carbons (Fsp3) is 0.650. The van der Waals surface area contributed by atoms with Gasteiger partial charge in [-0.2, -0.15) is 0 Å². The number of hydrogen-bond donors (Lipinski definition) is 4. The van der Waals surface area contributed by atoms with E-state index >= 15 is 8.78 Å². The lowest BCUT2D eigenvalue weighted by Crippen LogP contribution is -2.48. The number of aromatic hydroxyl groups is 2. The molecule has 2 aliphatic heterocycles. The summed E-state index contributed by atoms with van der Waals surface area (Å²) in [6.07, 6.45) is 17.9. The third-order valence-corrected chi connectivity index (χ3v) is 11.7. The second-order valence-electron chi connectivity index (χ2n) is 15.6. The first-order valence-electron chi connectivity index (χ1n) is 19.6. The molecule has 286 valence electrons. The molecule has 10 nitrogen and oxygen atoms in total. The van der Waals surface area contributed by atoms with Crippen LogP contribution in [-0.2, 0) is 16.7 Å². The minimum atomic E-state index is -1.32. The summed E-state index contributed by atoms with van der Waals surface area (Å²) in [7, 11) is 0. The quantitative estimate of drug-likeness (QED) is 0.208. The number of aliphatic hydroxyl groups is 1. The lowest BCUT2D eigenvalue weighted by molar-refractivity contribution is 0.00909. The number of anilines is 2. The summed E-state index contributed by atoms with van der Waals surface area (Å²) in [5.74, 6) is -4.54. The summed E-state index contributed by atoms with van der Waals surface area (Å²) >= 11 is 0. The Morgan fingerprint density at radius 2 is 1.44 bits per heavy atom. The van der Waals surface area contributed by atoms with Crippen LogP contribution < -0.4 is 9.80 Å². The Morgan fingerprint density at radius 3 is 2.06 bits per heavy atom. The number of H-pyrrole nitrogens is 1. The van der Waals surface area contributed by atoms with Crippen LogP contribution in [0.1, 0.15) is 121 Å². The van der Waals surface area contributed by atoms with Crippen molar-refractivity contribution in [3.05, 3.63) is 41.2 Å². The van der Waals surface area contributed by atoms with Crippen LogP contribution in [0.25, 0.3) is 11.0 Å². The molecule has 6 rings (SSSR count). The molecule has 3 aromatic rings. The van der Waals surface area contributed by atoms with E-state index in [1.165, 1.54) is 49.8 Å². The molecule has 0 spiro atoms. The Kier molecular flexibility index (Phi) is 12.3. The minimum Gasteiger partial charge on any atom is -0.505 e. The second kappa shape index (κ2) is 16.7. The molecule has 2 atom stereocenters. The van der Waals surface area contributed by atoms with Crippen LogP contribution in [0.15, 0.2) is 18.3 Å². The van der Waals surface area contributed by atoms with Crippen molar-refractivity contribution in [3.63, 3.8) is 0 Å². The standard InChI is InChI=1S/C40H57F2N5O5/c1-3-46-35-28(26-47(38(46)50)36-33(41)30(48)24-31(49)34(36)42)25-43-37-29(35)23-32(44-37)40(27-45-19-21-52-22-20-45)16-14-12-10-8-6-4-5-7-9-11-13-15-39(2,51)17-18-40/h23-25,48-49,51H,3-22,26-27H2,1-2H3,(H,43,44). The number of nitrogens with one attached hydrogen (secondary N) is 1. The average molecular weight is 726 g/mol. The number of carbonyl (C=O) groups excluding carboxylic acids is 1. The maximum Gasteiger partial charge on any atom is 0.329 e. The first-order chi connectivity index (χ1) is 25.0. The number of fused-ring (bicyclic) bond motifs is 3. The molecular formula is C40H57F2N5O5. The first kappa shape index (κ1) is 38.3. The molecule has 2 amide bonds. The molecule has 2 fully saturated rings. The lowest BCUT2D eigenvalue weighted by atomic mass is 9.72. The molecular weight excluding hydrogens is 668 g/mol. The number of phenolic OH excluding ortho intramolecular Hbond substituents is 2. The van der Waals surface area contributed by atoms with Gasteiger partial charge in [-0.25, -0.2) is 18.6 Å². The number of amides is 2. The highest BCUT2D eigenvalue weighted by atomic mass is 19.1. The Morgan fingerprint density at radius 1 is 0.846 bits per heavy atom. The summed E-state index contributed by atoms with van der Waals surface area (Å²) in [5, 5.41) is 32.6. The number of carbonyl (C=O) groups is 1. The molecule has 0 bridgehead atoms. The van der Waals surface area contributed by atoms with Gasteiger partial charge in [0.05, 0.1) is 31.0 Å². The Bertz CT molecular complexity index is 1670. The molecule has 4 heterocycles. The number of urea groups is 1. The van der Waals surface area contributed by atoms with Crippen molar-refractivity contribution < 1.29 is 33.6 Å². The van der Waals surface area contributed by atoms with E-state index < -0.39 is 40.5 Å². The summed E-state index contributed by atoms with van der Waals surface area (Å²) in [4.78, 5) is 27.3. The molecule has 12 heteroatoms. The Balaban J connectivity index is 1.40. The maximum atomic E-state index is 15.2. The predicted molar refractivity (Wildman–Crippen MR) is 199 cm³/mol. The van der Waals surface area contributed by atoms with Gasteiger partial charge in [0, 0.05) is 60.5 Å². The Labute approximate surface area is 306 Å². The largest absolute Gasteiger partial charge is 0.505 e. The summed E-state index contributed by atoms with van der Waals surface area (Å²) in [6, 6.07) is 2.03. The zero-order chi connectivity index (χ0) is 36.9. The fourth-order valence-corrected chi connectivity index (χ4v) is 8.62. The maximum absolute atomic E-state index is 15.2. The Hall–Kier alpha value is -3.48.